The molecular formula is C15H23ClN4O. The number of nitrogens with zero attached hydrogens (tertiary/aromatic N) is 4. The van der Waals surface area contributed by atoms with Gasteiger partial charge in [0.2, 0.25) is 11.2 Å². The number of fused-ring (bicyclic) bond motifs is 1. The zero-order chi connectivity index (χ0) is 14.7. The SMILES string of the molecule is CCCOc1nc(Cl)nc(N2CCCC3CCCCC32)n1. The predicted molar refractivity (Wildman–Crippen MR) is 82.9 cm³/mol. The summed E-state index contributed by atoms with van der Waals surface area (Å²) in [6.45, 7) is 3.67. The molecule has 2 heterocycles. The van der Waals surface area contributed by atoms with Crippen molar-refractivity contribution in [1.29, 1.82) is 0 Å². The Hall–Kier alpha value is -1.10. The Morgan fingerprint density at radius 2 is 1.95 bits per heavy atom. The molecule has 0 aromatic carbocycles. The van der Waals surface area contributed by atoms with Crippen molar-refractivity contribution in [3.63, 3.8) is 0 Å². The highest BCUT2D eigenvalue weighted by Crippen LogP contribution is 2.37. The third-order valence-electron chi connectivity index (χ3n) is 4.51. The first kappa shape index (κ1) is 14.8. The van der Waals surface area contributed by atoms with Crippen LogP contribution >= 0.6 is 11.6 Å². The van der Waals surface area contributed by atoms with Gasteiger partial charge < -0.3 is 9.64 Å². The molecule has 2 atom stereocenters. The van der Waals surface area contributed by atoms with E-state index in [-0.39, 0.29) is 5.28 Å². The fraction of sp³-hybridized carbons (Fsp3) is 0.800. The van der Waals surface area contributed by atoms with Gasteiger partial charge in [-0.15, -0.1) is 0 Å². The minimum absolute atomic E-state index is 0.226. The zero-order valence-corrected chi connectivity index (χ0v) is 13.3. The fourth-order valence-corrected chi connectivity index (χ4v) is 3.73. The molecule has 5 nitrogen and oxygen atoms in total. The maximum Gasteiger partial charge on any atom is 0.322 e. The molecule has 6 heteroatoms. The van der Waals surface area contributed by atoms with Crippen LogP contribution in [0.15, 0.2) is 0 Å². The Balaban J connectivity index is 1.82. The third-order valence-corrected chi connectivity index (χ3v) is 4.68. The second-order valence-electron chi connectivity index (χ2n) is 5.98. The number of rotatable bonds is 4. The van der Waals surface area contributed by atoms with Crippen LogP contribution in [-0.2, 0) is 0 Å². The summed E-state index contributed by atoms with van der Waals surface area (Å²) in [5.41, 5.74) is 0. The Morgan fingerprint density at radius 1 is 1.14 bits per heavy atom. The molecule has 2 aliphatic rings. The van der Waals surface area contributed by atoms with Crippen LogP contribution in [0.1, 0.15) is 51.9 Å². The van der Waals surface area contributed by atoms with Crippen molar-refractivity contribution in [2.45, 2.75) is 57.9 Å². The molecule has 1 aromatic rings. The van der Waals surface area contributed by atoms with Crippen molar-refractivity contribution >= 4 is 17.5 Å². The molecule has 0 amide bonds. The van der Waals surface area contributed by atoms with Crippen molar-refractivity contribution < 1.29 is 4.74 Å². The lowest BCUT2D eigenvalue weighted by molar-refractivity contribution is 0.240. The number of ether oxygens (including phenoxy) is 1. The topological polar surface area (TPSA) is 51.1 Å². The fourth-order valence-electron chi connectivity index (χ4n) is 3.58. The van der Waals surface area contributed by atoms with Crippen molar-refractivity contribution in [1.82, 2.24) is 15.0 Å². The molecule has 1 aliphatic carbocycles. The standard InChI is InChI=1S/C15H23ClN4O/c1-2-10-21-15-18-13(16)17-14(19-15)20-9-5-7-11-6-3-4-8-12(11)20/h11-12H,2-10H2,1H3. The van der Waals surface area contributed by atoms with E-state index in [1.807, 2.05) is 0 Å². The van der Waals surface area contributed by atoms with Gasteiger partial charge in [0.15, 0.2) is 0 Å². The van der Waals surface area contributed by atoms with Crippen LogP contribution in [0, 0.1) is 5.92 Å². The summed E-state index contributed by atoms with van der Waals surface area (Å²) in [7, 11) is 0. The number of aromatic nitrogens is 3. The molecule has 2 fully saturated rings. The molecule has 1 aliphatic heterocycles. The molecule has 1 aromatic heterocycles. The van der Waals surface area contributed by atoms with E-state index in [9.17, 15) is 0 Å². The maximum atomic E-state index is 6.05. The van der Waals surface area contributed by atoms with Gasteiger partial charge in [-0.05, 0) is 49.6 Å². The first-order chi connectivity index (χ1) is 10.3. The molecule has 1 saturated heterocycles. The first-order valence-electron chi connectivity index (χ1n) is 8.09. The summed E-state index contributed by atoms with van der Waals surface area (Å²) < 4.78 is 5.53. The highest BCUT2D eigenvalue weighted by molar-refractivity contribution is 6.28. The summed E-state index contributed by atoms with van der Waals surface area (Å²) >= 11 is 6.05. The molecule has 21 heavy (non-hydrogen) atoms. The van der Waals surface area contributed by atoms with E-state index in [1.165, 1.54) is 38.5 Å². The van der Waals surface area contributed by atoms with E-state index in [0.717, 1.165) is 18.9 Å². The number of halogens is 1. The molecule has 1 saturated carbocycles. The Bertz CT molecular complexity index is 483. The van der Waals surface area contributed by atoms with Gasteiger partial charge >= 0.3 is 6.01 Å². The predicted octanol–water partition coefficient (Wildman–Crippen LogP) is 3.47. The van der Waals surface area contributed by atoms with Crippen molar-refractivity contribution in [2.24, 2.45) is 5.92 Å². The molecule has 2 unspecified atom stereocenters. The van der Waals surface area contributed by atoms with E-state index in [4.69, 9.17) is 16.3 Å². The third kappa shape index (κ3) is 3.39. The maximum absolute atomic E-state index is 6.05. The number of anilines is 1. The van der Waals surface area contributed by atoms with Crippen LogP contribution in [0.4, 0.5) is 5.95 Å². The van der Waals surface area contributed by atoms with Gasteiger partial charge in [0.1, 0.15) is 0 Å². The Kier molecular flexibility index (Phi) is 4.78. The van der Waals surface area contributed by atoms with Crippen LogP contribution in [-0.4, -0.2) is 34.1 Å². The van der Waals surface area contributed by atoms with Crippen LogP contribution in [0.3, 0.4) is 0 Å². The van der Waals surface area contributed by atoms with Crippen molar-refractivity contribution in [3.05, 3.63) is 5.28 Å². The van der Waals surface area contributed by atoms with Crippen LogP contribution < -0.4 is 9.64 Å². The minimum atomic E-state index is 0.226. The number of hydrogen-bond donors (Lipinski definition) is 0. The molecule has 0 bridgehead atoms. The average molecular weight is 311 g/mol. The smallest absolute Gasteiger partial charge is 0.322 e. The molecule has 0 spiro atoms. The van der Waals surface area contributed by atoms with Crippen LogP contribution in [0.2, 0.25) is 5.28 Å². The lowest BCUT2D eigenvalue weighted by atomic mass is 9.78. The van der Waals surface area contributed by atoms with E-state index < -0.39 is 0 Å². The normalized spacial score (nSPS) is 25.5. The number of hydrogen-bond acceptors (Lipinski definition) is 5. The summed E-state index contributed by atoms with van der Waals surface area (Å²) in [5, 5.41) is 0.226. The quantitative estimate of drug-likeness (QED) is 0.852. The Morgan fingerprint density at radius 3 is 2.81 bits per heavy atom. The van der Waals surface area contributed by atoms with Gasteiger partial charge in [0.05, 0.1) is 6.61 Å². The summed E-state index contributed by atoms with van der Waals surface area (Å²) in [6.07, 6.45) is 8.69. The lowest BCUT2D eigenvalue weighted by Crippen LogP contribution is -2.47. The van der Waals surface area contributed by atoms with Gasteiger partial charge in [-0.1, -0.05) is 19.8 Å². The molecule has 0 radical (unpaired) electrons. The van der Waals surface area contributed by atoms with Crippen molar-refractivity contribution in [2.75, 3.05) is 18.1 Å². The first-order valence-corrected chi connectivity index (χ1v) is 8.46. The average Bonchev–Trinajstić information content (AvgIpc) is 2.52. The van der Waals surface area contributed by atoms with E-state index in [0.29, 0.717) is 24.6 Å². The highest BCUT2D eigenvalue weighted by Gasteiger charge is 2.34. The summed E-state index contributed by atoms with van der Waals surface area (Å²) in [4.78, 5) is 15.2. The second-order valence-corrected chi connectivity index (χ2v) is 6.32. The molecule has 0 N–H and O–H groups in total. The van der Waals surface area contributed by atoms with E-state index in [2.05, 4.69) is 26.8 Å². The van der Waals surface area contributed by atoms with E-state index in [1.54, 1.807) is 0 Å². The lowest BCUT2D eigenvalue weighted by Gasteiger charge is -2.44. The number of piperidine rings is 1. The summed E-state index contributed by atoms with van der Waals surface area (Å²) in [5.74, 6) is 1.47. The molecule has 116 valence electrons. The Labute approximate surface area is 131 Å². The van der Waals surface area contributed by atoms with Crippen molar-refractivity contribution in [3.8, 4) is 6.01 Å². The monoisotopic (exact) mass is 310 g/mol. The van der Waals surface area contributed by atoms with Gasteiger partial charge in [-0.2, -0.15) is 15.0 Å². The molecular weight excluding hydrogens is 288 g/mol. The zero-order valence-electron chi connectivity index (χ0n) is 12.6. The largest absolute Gasteiger partial charge is 0.463 e. The highest BCUT2D eigenvalue weighted by atomic mass is 35.5. The van der Waals surface area contributed by atoms with Gasteiger partial charge in [0, 0.05) is 12.6 Å². The van der Waals surface area contributed by atoms with Gasteiger partial charge in [-0.25, -0.2) is 0 Å². The summed E-state index contributed by atoms with van der Waals surface area (Å²) in [6, 6.07) is 0.912. The second kappa shape index (κ2) is 6.77. The van der Waals surface area contributed by atoms with Crippen LogP contribution in [0.5, 0.6) is 6.01 Å². The van der Waals surface area contributed by atoms with E-state index >= 15 is 0 Å². The van der Waals surface area contributed by atoms with Gasteiger partial charge in [0.25, 0.3) is 0 Å². The minimum Gasteiger partial charge on any atom is -0.463 e. The van der Waals surface area contributed by atoms with Crippen LogP contribution in [0.25, 0.3) is 0 Å². The van der Waals surface area contributed by atoms with Gasteiger partial charge in [-0.3, -0.25) is 0 Å². The molecule has 3 rings (SSSR count).